The van der Waals surface area contributed by atoms with E-state index < -0.39 is 5.97 Å². The monoisotopic (exact) mass is 302 g/mol. The molecule has 116 valence electrons. The first-order valence-electron chi connectivity index (χ1n) is 6.90. The standard InChI is InChI=1S/C15H18N4O3/c1-10(14-18-17-9-19(14)2)8-16-15(22)12-5-3-4-11(6-12)7-13(20)21/h3-6,9-10H,7-8H2,1-2H3,(H,16,22)(H,20,21). The topological polar surface area (TPSA) is 97.1 Å². The highest BCUT2D eigenvalue weighted by Crippen LogP contribution is 2.10. The highest BCUT2D eigenvalue weighted by atomic mass is 16.4. The number of aryl methyl sites for hydroxylation is 1. The number of carbonyl (C=O) groups excluding carboxylic acids is 1. The number of nitrogens with one attached hydrogen (secondary N) is 1. The third kappa shape index (κ3) is 3.91. The van der Waals surface area contributed by atoms with Gasteiger partial charge in [-0.05, 0) is 17.7 Å². The maximum atomic E-state index is 12.1. The lowest BCUT2D eigenvalue weighted by Gasteiger charge is -2.12. The van der Waals surface area contributed by atoms with Gasteiger partial charge in [-0.15, -0.1) is 10.2 Å². The number of aromatic nitrogens is 3. The summed E-state index contributed by atoms with van der Waals surface area (Å²) >= 11 is 0. The highest BCUT2D eigenvalue weighted by Gasteiger charge is 2.14. The number of rotatable bonds is 6. The van der Waals surface area contributed by atoms with E-state index in [2.05, 4.69) is 15.5 Å². The van der Waals surface area contributed by atoms with Crippen molar-refractivity contribution in [3.8, 4) is 0 Å². The molecule has 1 aromatic heterocycles. The molecule has 7 heteroatoms. The minimum absolute atomic E-state index is 0.0265. The first kappa shape index (κ1) is 15.7. The summed E-state index contributed by atoms with van der Waals surface area (Å²) in [7, 11) is 1.85. The van der Waals surface area contributed by atoms with Crippen LogP contribution in [0.25, 0.3) is 0 Å². The number of nitrogens with zero attached hydrogens (tertiary/aromatic N) is 3. The molecule has 1 aromatic carbocycles. The normalized spacial score (nSPS) is 11.9. The van der Waals surface area contributed by atoms with Gasteiger partial charge in [0.15, 0.2) is 0 Å². The molecule has 22 heavy (non-hydrogen) atoms. The van der Waals surface area contributed by atoms with Crippen LogP contribution in [0.2, 0.25) is 0 Å². The largest absolute Gasteiger partial charge is 0.481 e. The fourth-order valence-corrected chi connectivity index (χ4v) is 2.17. The summed E-state index contributed by atoms with van der Waals surface area (Å²) in [6.07, 6.45) is 1.51. The zero-order chi connectivity index (χ0) is 16.1. The van der Waals surface area contributed by atoms with Crippen LogP contribution in [0.15, 0.2) is 30.6 Å². The van der Waals surface area contributed by atoms with E-state index in [0.717, 1.165) is 5.82 Å². The lowest BCUT2D eigenvalue weighted by Crippen LogP contribution is -2.28. The van der Waals surface area contributed by atoms with E-state index in [1.807, 2.05) is 18.5 Å². The second-order valence-corrected chi connectivity index (χ2v) is 5.18. The highest BCUT2D eigenvalue weighted by molar-refractivity contribution is 5.94. The van der Waals surface area contributed by atoms with E-state index in [9.17, 15) is 9.59 Å². The predicted octanol–water partition coefficient (Wildman–Crippen LogP) is 0.976. The molecular weight excluding hydrogens is 284 g/mol. The third-order valence-electron chi connectivity index (χ3n) is 3.30. The van der Waals surface area contributed by atoms with E-state index in [0.29, 0.717) is 17.7 Å². The average Bonchev–Trinajstić information content (AvgIpc) is 2.90. The Morgan fingerprint density at radius 3 is 2.82 bits per heavy atom. The zero-order valence-electron chi connectivity index (χ0n) is 12.5. The van der Waals surface area contributed by atoms with E-state index in [1.54, 1.807) is 30.6 Å². The summed E-state index contributed by atoms with van der Waals surface area (Å²) in [4.78, 5) is 22.9. The van der Waals surface area contributed by atoms with Crippen LogP contribution in [0.3, 0.4) is 0 Å². The fourth-order valence-electron chi connectivity index (χ4n) is 2.17. The van der Waals surface area contributed by atoms with Gasteiger partial charge in [-0.25, -0.2) is 0 Å². The molecule has 7 nitrogen and oxygen atoms in total. The Balaban J connectivity index is 1.97. The Labute approximate surface area is 128 Å². The molecule has 2 N–H and O–H groups in total. The number of hydrogen-bond acceptors (Lipinski definition) is 4. The smallest absolute Gasteiger partial charge is 0.307 e. The van der Waals surface area contributed by atoms with Crippen LogP contribution in [0.1, 0.15) is 34.6 Å². The lowest BCUT2D eigenvalue weighted by atomic mass is 10.1. The second-order valence-electron chi connectivity index (χ2n) is 5.18. The minimum Gasteiger partial charge on any atom is -0.481 e. The number of carboxylic acid groups (broad SMARTS) is 1. The van der Waals surface area contributed by atoms with Gasteiger partial charge in [0.1, 0.15) is 12.2 Å². The van der Waals surface area contributed by atoms with Crippen molar-refractivity contribution in [2.24, 2.45) is 7.05 Å². The molecule has 0 aliphatic rings. The quantitative estimate of drug-likeness (QED) is 0.829. The van der Waals surface area contributed by atoms with E-state index in [-0.39, 0.29) is 18.2 Å². The maximum Gasteiger partial charge on any atom is 0.307 e. The Morgan fingerprint density at radius 2 is 2.18 bits per heavy atom. The van der Waals surface area contributed by atoms with E-state index in [4.69, 9.17) is 5.11 Å². The van der Waals surface area contributed by atoms with Gasteiger partial charge in [0.25, 0.3) is 5.91 Å². The minimum atomic E-state index is -0.923. The Kier molecular flexibility index (Phi) is 4.88. The molecule has 0 bridgehead atoms. The molecular formula is C15H18N4O3. The Morgan fingerprint density at radius 1 is 1.41 bits per heavy atom. The second kappa shape index (κ2) is 6.84. The van der Waals surface area contributed by atoms with Gasteiger partial charge in [0.2, 0.25) is 0 Å². The van der Waals surface area contributed by atoms with E-state index in [1.165, 1.54) is 0 Å². The van der Waals surface area contributed by atoms with Crippen LogP contribution in [0, 0.1) is 0 Å². The summed E-state index contributed by atoms with van der Waals surface area (Å²) in [5.74, 6) is -0.340. The Bertz CT molecular complexity index is 681. The van der Waals surface area contributed by atoms with Crippen LogP contribution < -0.4 is 5.32 Å². The number of carboxylic acids is 1. The summed E-state index contributed by atoms with van der Waals surface area (Å²) in [6, 6.07) is 6.62. The third-order valence-corrected chi connectivity index (χ3v) is 3.30. The number of benzene rings is 1. The van der Waals surface area contributed by atoms with Crippen LogP contribution >= 0.6 is 0 Å². The van der Waals surface area contributed by atoms with Crippen LogP contribution in [-0.2, 0) is 18.3 Å². The molecule has 0 spiro atoms. The molecule has 0 saturated heterocycles. The van der Waals surface area contributed by atoms with Crippen LogP contribution in [-0.4, -0.2) is 38.3 Å². The molecule has 2 aromatic rings. The summed E-state index contributed by atoms with van der Waals surface area (Å²) in [6.45, 7) is 2.37. The Hall–Kier alpha value is -2.70. The first-order chi connectivity index (χ1) is 10.5. The fraction of sp³-hybridized carbons (Fsp3) is 0.333. The lowest BCUT2D eigenvalue weighted by molar-refractivity contribution is -0.136. The predicted molar refractivity (Wildman–Crippen MR) is 79.5 cm³/mol. The van der Waals surface area contributed by atoms with Crippen molar-refractivity contribution in [3.05, 3.63) is 47.5 Å². The van der Waals surface area contributed by atoms with Gasteiger partial charge in [-0.1, -0.05) is 19.1 Å². The molecule has 0 saturated carbocycles. The molecule has 1 atom stereocenters. The molecule has 1 heterocycles. The first-order valence-corrected chi connectivity index (χ1v) is 6.90. The van der Waals surface area contributed by atoms with Gasteiger partial charge < -0.3 is 15.0 Å². The van der Waals surface area contributed by atoms with Crippen molar-refractivity contribution < 1.29 is 14.7 Å². The molecule has 0 aliphatic carbocycles. The van der Waals surface area contributed by atoms with Crippen molar-refractivity contribution in [1.29, 1.82) is 0 Å². The van der Waals surface area contributed by atoms with Crippen molar-refractivity contribution in [1.82, 2.24) is 20.1 Å². The molecule has 0 aliphatic heterocycles. The zero-order valence-corrected chi connectivity index (χ0v) is 12.5. The molecule has 0 fully saturated rings. The van der Waals surface area contributed by atoms with Gasteiger partial charge in [0, 0.05) is 25.1 Å². The van der Waals surface area contributed by atoms with Crippen molar-refractivity contribution in [3.63, 3.8) is 0 Å². The average molecular weight is 302 g/mol. The number of amides is 1. The summed E-state index contributed by atoms with van der Waals surface area (Å²) in [5, 5.41) is 19.4. The molecule has 1 amide bonds. The van der Waals surface area contributed by atoms with Gasteiger partial charge in [-0.2, -0.15) is 0 Å². The number of aliphatic carboxylic acids is 1. The van der Waals surface area contributed by atoms with Crippen LogP contribution in [0.4, 0.5) is 0 Å². The molecule has 1 unspecified atom stereocenters. The number of carbonyl (C=O) groups is 2. The number of hydrogen-bond donors (Lipinski definition) is 2. The summed E-state index contributed by atoms with van der Waals surface area (Å²) in [5.41, 5.74) is 1.05. The summed E-state index contributed by atoms with van der Waals surface area (Å²) < 4.78 is 1.81. The molecule has 0 radical (unpaired) electrons. The SMILES string of the molecule is CC(CNC(=O)c1cccc(CC(=O)O)c1)c1nncn1C. The van der Waals surface area contributed by atoms with Gasteiger partial charge >= 0.3 is 5.97 Å². The van der Waals surface area contributed by atoms with Gasteiger partial charge in [-0.3, -0.25) is 9.59 Å². The molecule has 2 rings (SSSR count). The van der Waals surface area contributed by atoms with Crippen molar-refractivity contribution >= 4 is 11.9 Å². The van der Waals surface area contributed by atoms with Gasteiger partial charge in [0.05, 0.1) is 6.42 Å². The van der Waals surface area contributed by atoms with Crippen LogP contribution in [0.5, 0.6) is 0 Å². The van der Waals surface area contributed by atoms with Crippen molar-refractivity contribution in [2.75, 3.05) is 6.54 Å². The van der Waals surface area contributed by atoms with Crippen molar-refractivity contribution in [2.45, 2.75) is 19.3 Å². The maximum absolute atomic E-state index is 12.1. The van der Waals surface area contributed by atoms with E-state index >= 15 is 0 Å².